The zero-order valence-electron chi connectivity index (χ0n) is 20.9. The average molecular weight is 466 g/mol. The molecule has 4 nitrogen and oxygen atoms in total. The molecule has 1 aromatic rings. The fraction of sp³-hybridized carbons (Fsp3) is 0.633. The molecule has 0 bridgehead atoms. The number of likely N-dealkylation sites (tertiary alicyclic amines) is 1. The van der Waals surface area contributed by atoms with Crippen LogP contribution in [0.3, 0.4) is 0 Å². The van der Waals surface area contributed by atoms with Gasteiger partial charge < -0.3 is 15.1 Å². The highest BCUT2D eigenvalue weighted by Crippen LogP contribution is 2.48. The van der Waals surface area contributed by atoms with Gasteiger partial charge >= 0.3 is 0 Å². The molecule has 5 atom stereocenters. The minimum atomic E-state index is -0.519. The Hall–Kier alpha value is -1.91. The van der Waals surface area contributed by atoms with Gasteiger partial charge in [0.2, 0.25) is 5.91 Å². The maximum Gasteiger partial charge on any atom is 0.222 e. The number of fused-ring (bicyclic) bond motifs is 1. The fourth-order valence-electron chi connectivity index (χ4n) is 6.30. The van der Waals surface area contributed by atoms with Crippen molar-refractivity contribution in [3.05, 3.63) is 59.2 Å². The molecule has 0 unspecified atom stereocenters. The van der Waals surface area contributed by atoms with Crippen molar-refractivity contribution < 1.29 is 15.0 Å². The van der Waals surface area contributed by atoms with E-state index in [1.165, 1.54) is 30.4 Å². The maximum absolute atomic E-state index is 12.3. The lowest BCUT2D eigenvalue weighted by Crippen LogP contribution is -2.35. The molecule has 0 aromatic heterocycles. The van der Waals surface area contributed by atoms with E-state index in [0.717, 1.165) is 57.2 Å². The van der Waals surface area contributed by atoms with Crippen LogP contribution in [-0.2, 0) is 11.2 Å². The summed E-state index contributed by atoms with van der Waals surface area (Å²) in [5, 5.41) is 21.1. The van der Waals surface area contributed by atoms with E-state index in [9.17, 15) is 15.0 Å². The zero-order chi connectivity index (χ0) is 23.9. The highest BCUT2D eigenvalue weighted by atomic mass is 16.3. The molecule has 186 valence electrons. The van der Waals surface area contributed by atoms with Gasteiger partial charge in [-0.3, -0.25) is 4.79 Å². The van der Waals surface area contributed by atoms with Gasteiger partial charge in [-0.2, -0.15) is 0 Å². The van der Waals surface area contributed by atoms with Crippen molar-refractivity contribution in [2.75, 3.05) is 13.1 Å². The summed E-state index contributed by atoms with van der Waals surface area (Å²) in [6.07, 6.45) is 16.8. The van der Waals surface area contributed by atoms with E-state index in [4.69, 9.17) is 0 Å². The second kappa shape index (κ2) is 12.2. The van der Waals surface area contributed by atoms with Gasteiger partial charge in [0.1, 0.15) is 0 Å². The van der Waals surface area contributed by atoms with Gasteiger partial charge in [-0.1, -0.05) is 60.1 Å². The Morgan fingerprint density at radius 1 is 1.18 bits per heavy atom. The molecule has 1 amide bonds. The molecule has 1 saturated carbocycles. The number of piperidine rings is 1. The number of aliphatic hydroxyl groups excluding tert-OH is 2. The number of unbranched alkanes of at least 4 members (excludes halogenated alkanes) is 2. The number of allylic oxidation sites excluding steroid dienone is 2. The van der Waals surface area contributed by atoms with Crippen LogP contribution in [0.1, 0.15) is 75.3 Å². The van der Waals surface area contributed by atoms with Crippen LogP contribution < -0.4 is 0 Å². The molecular weight excluding hydrogens is 422 g/mol. The van der Waals surface area contributed by atoms with E-state index in [0.29, 0.717) is 30.6 Å². The largest absolute Gasteiger partial charge is 0.392 e. The van der Waals surface area contributed by atoms with Crippen LogP contribution in [0.2, 0.25) is 0 Å². The van der Waals surface area contributed by atoms with Gasteiger partial charge in [-0.15, -0.1) is 0 Å². The van der Waals surface area contributed by atoms with Crippen LogP contribution in [0.4, 0.5) is 0 Å². The van der Waals surface area contributed by atoms with Gasteiger partial charge in [0.15, 0.2) is 0 Å². The molecule has 0 spiro atoms. The summed E-state index contributed by atoms with van der Waals surface area (Å²) in [5.74, 6) is 1.41. The number of hydrogen-bond acceptors (Lipinski definition) is 3. The Kier molecular flexibility index (Phi) is 9.02. The third-order valence-electron chi connectivity index (χ3n) is 8.13. The normalized spacial score (nSPS) is 27.7. The molecule has 1 aromatic carbocycles. The van der Waals surface area contributed by atoms with Crippen molar-refractivity contribution in [3.8, 4) is 0 Å². The second-order valence-corrected chi connectivity index (χ2v) is 10.9. The third-order valence-corrected chi connectivity index (χ3v) is 8.13. The summed E-state index contributed by atoms with van der Waals surface area (Å²) in [4.78, 5) is 14.4. The van der Waals surface area contributed by atoms with Crippen molar-refractivity contribution in [3.63, 3.8) is 0 Å². The molecule has 2 fully saturated rings. The minimum absolute atomic E-state index is 0.132. The lowest BCUT2D eigenvalue weighted by atomic mass is 9.88. The standard InChI is InChI=1S/C30H43NO3/c1-22-9-8-11-23(17-22)19-26(32)13-14-27-28-20-24(18-25(28)21-29(27)33)10-4-2-5-12-30(34)31-15-6-3-7-16-31/h8-9,11,13-14,17-18,25-29,32-33H,2-7,10,12,15-16,19-21H2,1H3/b14-13+/t25-,26+,27+,28-,29+/m0/s1. The van der Waals surface area contributed by atoms with Crippen molar-refractivity contribution in [2.45, 2.75) is 89.8 Å². The third kappa shape index (κ3) is 6.82. The van der Waals surface area contributed by atoms with E-state index >= 15 is 0 Å². The number of hydrogen-bond donors (Lipinski definition) is 2. The highest BCUT2D eigenvalue weighted by Gasteiger charge is 2.43. The molecule has 3 aliphatic rings. The monoisotopic (exact) mass is 465 g/mol. The number of amides is 1. The second-order valence-electron chi connectivity index (χ2n) is 10.9. The Labute approximate surface area is 205 Å². The van der Waals surface area contributed by atoms with E-state index in [-0.39, 0.29) is 12.0 Å². The number of aliphatic hydroxyl groups is 2. The predicted molar refractivity (Wildman–Crippen MR) is 137 cm³/mol. The zero-order valence-corrected chi connectivity index (χ0v) is 20.9. The molecule has 1 aliphatic heterocycles. The van der Waals surface area contributed by atoms with Crippen LogP contribution >= 0.6 is 0 Å². The molecule has 2 N–H and O–H groups in total. The SMILES string of the molecule is Cc1cccc(C[C@H](O)/C=C/[C@@H]2[C@H]3CC(CCCCCC(=O)N4CCCCC4)=C[C@H]3C[C@H]2O)c1. The van der Waals surface area contributed by atoms with Crippen molar-refractivity contribution in [1.82, 2.24) is 4.90 Å². The Bertz CT molecular complexity index is 870. The summed E-state index contributed by atoms with van der Waals surface area (Å²) in [7, 11) is 0. The van der Waals surface area contributed by atoms with Gasteiger partial charge in [0.05, 0.1) is 12.2 Å². The molecule has 4 heteroatoms. The predicted octanol–water partition coefficient (Wildman–Crippen LogP) is 5.36. The number of carbonyl (C=O) groups excluding carboxylic acids is 1. The smallest absolute Gasteiger partial charge is 0.222 e. The summed E-state index contributed by atoms with van der Waals surface area (Å²) < 4.78 is 0. The highest BCUT2D eigenvalue weighted by molar-refractivity contribution is 5.76. The van der Waals surface area contributed by atoms with Crippen LogP contribution in [0.5, 0.6) is 0 Å². The number of aryl methyl sites for hydroxylation is 1. The topological polar surface area (TPSA) is 60.8 Å². The molecule has 0 radical (unpaired) electrons. The van der Waals surface area contributed by atoms with Crippen LogP contribution in [0, 0.1) is 24.7 Å². The van der Waals surface area contributed by atoms with E-state index in [1.54, 1.807) is 0 Å². The Balaban J connectivity index is 1.17. The number of benzene rings is 1. The molecule has 1 saturated heterocycles. The summed E-state index contributed by atoms with van der Waals surface area (Å²) in [6, 6.07) is 8.28. The minimum Gasteiger partial charge on any atom is -0.392 e. The van der Waals surface area contributed by atoms with Gasteiger partial charge in [-0.25, -0.2) is 0 Å². The first-order chi connectivity index (χ1) is 16.5. The first-order valence-corrected chi connectivity index (χ1v) is 13.6. The Morgan fingerprint density at radius 3 is 2.79 bits per heavy atom. The van der Waals surface area contributed by atoms with Crippen molar-refractivity contribution in [1.29, 1.82) is 0 Å². The van der Waals surface area contributed by atoms with Crippen molar-refractivity contribution >= 4 is 5.91 Å². The van der Waals surface area contributed by atoms with Gasteiger partial charge in [-0.05, 0) is 75.7 Å². The first-order valence-electron chi connectivity index (χ1n) is 13.6. The number of rotatable bonds is 10. The fourth-order valence-corrected chi connectivity index (χ4v) is 6.30. The summed E-state index contributed by atoms with van der Waals surface area (Å²) in [6.45, 7) is 3.98. The van der Waals surface area contributed by atoms with E-state index < -0.39 is 6.10 Å². The lowest BCUT2D eigenvalue weighted by Gasteiger charge is -2.26. The quantitative estimate of drug-likeness (QED) is 0.361. The van der Waals surface area contributed by atoms with Crippen molar-refractivity contribution in [2.24, 2.45) is 17.8 Å². The van der Waals surface area contributed by atoms with Gasteiger partial charge in [0.25, 0.3) is 0 Å². The maximum atomic E-state index is 12.3. The molecule has 1 heterocycles. The lowest BCUT2D eigenvalue weighted by molar-refractivity contribution is -0.132. The molecular formula is C30H43NO3. The molecule has 2 aliphatic carbocycles. The van der Waals surface area contributed by atoms with Crippen LogP contribution in [-0.4, -0.2) is 46.3 Å². The summed E-state index contributed by atoms with van der Waals surface area (Å²) >= 11 is 0. The van der Waals surface area contributed by atoms with Crippen LogP contribution in [0.25, 0.3) is 0 Å². The number of nitrogens with zero attached hydrogens (tertiary/aromatic N) is 1. The number of carbonyl (C=O) groups is 1. The molecule has 4 rings (SSSR count). The van der Waals surface area contributed by atoms with Gasteiger partial charge in [0, 0.05) is 31.8 Å². The van der Waals surface area contributed by atoms with E-state index in [1.807, 2.05) is 12.1 Å². The van der Waals surface area contributed by atoms with E-state index in [2.05, 4.69) is 42.2 Å². The first kappa shape index (κ1) is 25.2. The summed E-state index contributed by atoms with van der Waals surface area (Å²) in [5.41, 5.74) is 3.88. The average Bonchev–Trinajstić information content (AvgIpc) is 3.34. The Morgan fingerprint density at radius 2 is 2.00 bits per heavy atom. The van der Waals surface area contributed by atoms with Crippen LogP contribution in [0.15, 0.2) is 48.1 Å². The molecule has 34 heavy (non-hydrogen) atoms.